The van der Waals surface area contributed by atoms with E-state index in [-0.39, 0.29) is 0 Å². The van der Waals surface area contributed by atoms with Crippen LogP contribution in [0, 0.1) is 11.8 Å². The van der Waals surface area contributed by atoms with Gasteiger partial charge in [-0.2, -0.15) is 0 Å². The predicted octanol–water partition coefficient (Wildman–Crippen LogP) is 3.18. The molecule has 0 aromatic heterocycles. The quantitative estimate of drug-likeness (QED) is 0.785. The van der Waals surface area contributed by atoms with Gasteiger partial charge in [0.1, 0.15) is 0 Å². The first-order chi connectivity index (χ1) is 8.16. The third-order valence-corrected chi connectivity index (χ3v) is 4.23. The van der Waals surface area contributed by atoms with Crippen molar-refractivity contribution in [2.75, 3.05) is 5.73 Å². The van der Waals surface area contributed by atoms with Crippen LogP contribution in [0.1, 0.15) is 38.7 Å². The lowest BCUT2D eigenvalue weighted by atomic mass is 9.79. The van der Waals surface area contributed by atoms with Crippen LogP contribution in [0.25, 0.3) is 0 Å². The Labute approximate surface area is 105 Å². The Morgan fingerprint density at radius 3 is 2.65 bits per heavy atom. The highest BCUT2D eigenvalue weighted by molar-refractivity contribution is 5.46. The number of nitrogens with one attached hydrogen (secondary N) is 1. The van der Waals surface area contributed by atoms with Crippen molar-refractivity contribution in [3.63, 3.8) is 0 Å². The largest absolute Gasteiger partial charge is 0.398 e. The molecule has 1 saturated carbocycles. The number of para-hydroxylation sites is 1. The molecule has 0 saturated heterocycles. The Hall–Kier alpha value is -1.02. The fraction of sp³-hybridized carbons (Fsp3) is 0.600. The first-order valence-corrected chi connectivity index (χ1v) is 6.73. The van der Waals surface area contributed by atoms with Crippen LogP contribution in [0.5, 0.6) is 0 Å². The van der Waals surface area contributed by atoms with Crippen molar-refractivity contribution in [2.45, 2.75) is 45.7 Å². The summed E-state index contributed by atoms with van der Waals surface area (Å²) in [5.41, 5.74) is 8.07. The zero-order valence-corrected chi connectivity index (χ0v) is 10.9. The fourth-order valence-corrected chi connectivity index (χ4v) is 2.68. The molecule has 17 heavy (non-hydrogen) atoms. The molecule has 0 spiro atoms. The van der Waals surface area contributed by atoms with Crippen LogP contribution >= 0.6 is 0 Å². The SMILES string of the molecule is CC1CCC(NCc2ccccc2N)CC1C. The van der Waals surface area contributed by atoms with E-state index in [1.807, 2.05) is 12.1 Å². The number of hydrogen-bond donors (Lipinski definition) is 2. The Bertz CT molecular complexity index is 362. The molecule has 3 unspecified atom stereocenters. The van der Waals surface area contributed by atoms with Gasteiger partial charge in [0.15, 0.2) is 0 Å². The van der Waals surface area contributed by atoms with E-state index in [0.29, 0.717) is 6.04 Å². The monoisotopic (exact) mass is 232 g/mol. The molecule has 1 aliphatic carbocycles. The summed E-state index contributed by atoms with van der Waals surface area (Å²) < 4.78 is 0. The van der Waals surface area contributed by atoms with Crippen molar-refractivity contribution >= 4 is 5.69 Å². The molecule has 0 radical (unpaired) electrons. The molecule has 1 aromatic carbocycles. The third kappa shape index (κ3) is 3.22. The summed E-state index contributed by atoms with van der Waals surface area (Å²) in [6.07, 6.45) is 3.95. The first-order valence-electron chi connectivity index (χ1n) is 6.73. The number of nitrogens with two attached hydrogens (primary N) is 1. The van der Waals surface area contributed by atoms with Gasteiger partial charge in [0.25, 0.3) is 0 Å². The van der Waals surface area contributed by atoms with Crippen LogP contribution < -0.4 is 11.1 Å². The standard InChI is InChI=1S/C15H24N2/c1-11-7-8-14(9-12(11)2)17-10-13-5-3-4-6-15(13)16/h3-6,11-12,14,17H,7-10,16H2,1-2H3. The number of nitrogen functional groups attached to an aromatic ring is 1. The van der Waals surface area contributed by atoms with Crippen LogP contribution in [0.4, 0.5) is 5.69 Å². The molecule has 0 heterocycles. The Balaban J connectivity index is 1.85. The van der Waals surface area contributed by atoms with Crippen LogP contribution in [-0.4, -0.2) is 6.04 Å². The molecule has 94 valence electrons. The number of hydrogen-bond acceptors (Lipinski definition) is 2. The molecule has 2 nitrogen and oxygen atoms in total. The second-order valence-electron chi connectivity index (χ2n) is 5.54. The van der Waals surface area contributed by atoms with Gasteiger partial charge in [-0.15, -0.1) is 0 Å². The molecular weight excluding hydrogens is 208 g/mol. The minimum Gasteiger partial charge on any atom is -0.398 e. The van der Waals surface area contributed by atoms with Crippen molar-refractivity contribution < 1.29 is 0 Å². The van der Waals surface area contributed by atoms with Gasteiger partial charge in [-0.1, -0.05) is 32.0 Å². The molecule has 0 bridgehead atoms. The lowest BCUT2D eigenvalue weighted by Gasteiger charge is -2.32. The normalized spacial score (nSPS) is 29.2. The molecule has 3 N–H and O–H groups in total. The summed E-state index contributed by atoms with van der Waals surface area (Å²) in [7, 11) is 0. The maximum Gasteiger partial charge on any atom is 0.0359 e. The molecule has 1 fully saturated rings. The van der Waals surface area contributed by atoms with E-state index in [1.54, 1.807) is 0 Å². The first kappa shape index (κ1) is 12.4. The Morgan fingerprint density at radius 1 is 1.18 bits per heavy atom. The molecule has 2 rings (SSSR count). The van der Waals surface area contributed by atoms with E-state index < -0.39 is 0 Å². The topological polar surface area (TPSA) is 38.0 Å². The highest BCUT2D eigenvalue weighted by Crippen LogP contribution is 2.29. The highest BCUT2D eigenvalue weighted by Gasteiger charge is 2.23. The number of rotatable bonds is 3. The zero-order chi connectivity index (χ0) is 12.3. The van der Waals surface area contributed by atoms with Crippen LogP contribution in [0.15, 0.2) is 24.3 Å². The Kier molecular flexibility index (Phi) is 4.06. The van der Waals surface area contributed by atoms with Gasteiger partial charge in [0.05, 0.1) is 0 Å². The number of anilines is 1. The molecular formula is C15H24N2. The fourth-order valence-electron chi connectivity index (χ4n) is 2.68. The zero-order valence-electron chi connectivity index (χ0n) is 10.9. The number of benzene rings is 1. The summed E-state index contributed by atoms with van der Waals surface area (Å²) in [6, 6.07) is 8.79. The van der Waals surface area contributed by atoms with Crippen LogP contribution in [-0.2, 0) is 6.54 Å². The van der Waals surface area contributed by atoms with E-state index in [1.165, 1.54) is 24.8 Å². The highest BCUT2D eigenvalue weighted by atomic mass is 14.9. The van der Waals surface area contributed by atoms with Gasteiger partial charge < -0.3 is 11.1 Å². The maximum atomic E-state index is 5.95. The lowest BCUT2D eigenvalue weighted by molar-refractivity contribution is 0.225. The summed E-state index contributed by atoms with van der Waals surface area (Å²) in [4.78, 5) is 0. The summed E-state index contributed by atoms with van der Waals surface area (Å²) >= 11 is 0. The average molecular weight is 232 g/mol. The van der Waals surface area contributed by atoms with E-state index in [0.717, 1.165) is 24.1 Å². The minimum atomic E-state index is 0.667. The summed E-state index contributed by atoms with van der Waals surface area (Å²) in [6.45, 7) is 5.64. The summed E-state index contributed by atoms with van der Waals surface area (Å²) in [5, 5.41) is 3.65. The van der Waals surface area contributed by atoms with Crippen molar-refractivity contribution in [1.29, 1.82) is 0 Å². The lowest BCUT2D eigenvalue weighted by Crippen LogP contribution is -2.35. The van der Waals surface area contributed by atoms with Gasteiger partial charge in [-0.3, -0.25) is 0 Å². The molecule has 2 heteroatoms. The van der Waals surface area contributed by atoms with E-state index in [2.05, 4.69) is 31.3 Å². The van der Waals surface area contributed by atoms with Crippen molar-refractivity contribution in [3.8, 4) is 0 Å². The third-order valence-electron chi connectivity index (χ3n) is 4.23. The smallest absolute Gasteiger partial charge is 0.0359 e. The van der Waals surface area contributed by atoms with E-state index in [4.69, 9.17) is 5.73 Å². The predicted molar refractivity (Wildman–Crippen MR) is 73.7 cm³/mol. The van der Waals surface area contributed by atoms with Crippen molar-refractivity contribution in [2.24, 2.45) is 11.8 Å². The van der Waals surface area contributed by atoms with Gasteiger partial charge in [0.2, 0.25) is 0 Å². The van der Waals surface area contributed by atoms with E-state index >= 15 is 0 Å². The second kappa shape index (κ2) is 5.54. The Morgan fingerprint density at radius 2 is 1.94 bits per heavy atom. The van der Waals surface area contributed by atoms with Gasteiger partial charge in [-0.25, -0.2) is 0 Å². The summed E-state index contributed by atoms with van der Waals surface area (Å²) in [5.74, 6) is 1.73. The van der Waals surface area contributed by atoms with Crippen molar-refractivity contribution in [3.05, 3.63) is 29.8 Å². The van der Waals surface area contributed by atoms with Gasteiger partial charge in [0, 0.05) is 18.3 Å². The maximum absolute atomic E-state index is 5.95. The van der Waals surface area contributed by atoms with Gasteiger partial charge >= 0.3 is 0 Å². The van der Waals surface area contributed by atoms with E-state index in [9.17, 15) is 0 Å². The van der Waals surface area contributed by atoms with Crippen LogP contribution in [0.3, 0.4) is 0 Å². The molecule has 0 amide bonds. The molecule has 0 aliphatic heterocycles. The molecule has 3 atom stereocenters. The van der Waals surface area contributed by atoms with Gasteiger partial charge in [-0.05, 0) is 42.7 Å². The molecule has 1 aliphatic rings. The van der Waals surface area contributed by atoms with Crippen LogP contribution in [0.2, 0.25) is 0 Å². The minimum absolute atomic E-state index is 0.667. The van der Waals surface area contributed by atoms with Crippen molar-refractivity contribution in [1.82, 2.24) is 5.32 Å². The molecule has 1 aromatic rings. The second-order valence-corrected chi connectivity index (χ2v) is 5.54. The average Bonchev–Trinajstić information content (AvgIpc) is 2.32.